The lowest BCUT2D eigenvalue weighted by Crippen LogP contribution is -2.14. The van der Waals surface area contributed by atoms with Gasteiger partial charge in [0.2, 0.25) is 0 Å². The zero-order chi connectivity index (χ0) is 17.2. The number of pyridine rings is 1. The molecule has 0 spiro atoms. The van der Waals surface area contributed by atoms with Gasteiger partial charge in [-0.05, 0) is 48.5 Å². The minimum absolute atomic E-state index is 0.144. The molecule has 0 unspecified atom stereocenters. The van der Waals surface area contributed by atoms with Gasteiger partial charge in [-0.25, -0.2) is 4.39 Å². The Balaban J connectivity index is 1.91. The van der Waals surface area contributed by atoms with Gasteiger partial charge < -0.3 is 4.42 Å². The highest BCUT2D eigenvalue weighted by Crippen LogP contribution is 2.30. The third-order valence-electron chi connectivity index (χ3n) is 3.67. The molecule has 0 atom stereocenters. The zero-order valence-electron chi connectivity index (χ0n) is 12.8. The van der Waals surface area contributed by atoms with Crippen LogP contribution in [0, 0.1) is 5.82 Å². The van der Waals surface area contributed by atoms with Crippen LogP contribution in [-0.2, 0) is 0 Å². The van der Waals surface area contributed by atoms with Crippen LogP contribution in [0.2, 0.25) is 0 Å². The Morgan fingerprint density at radius 3 is 2.44 bits per heavy atom. The number of carbonyl (C=O) groups is 1. The molecule has 0 N–H and O–H groups in total. The monoisotopic (exact) mass is 334 g/mol. The molecule has 0 aliphatic rings. The second kappa shape index (κ2) is 6.12. The first-order valence-corrected chi connectivity index (χ1v) is 7.44. The third-order valence-corrected chi connectivity index (χ3v) is 3.67. The van der Waals surface area contributed by atoms with Crippen LogP contribution in [0.25, 0.3) is 22.5 Å². The normalized spacial score (nSPS) is 10.8. The van der Waals surface area contributed by atoms with Gasteiger partial charge >= 0.3 is 5.91 Å². The second-order valence-electron chi connectivity index (χ2n) is 5.22. The van der Waals surface area contributed by atoms with Gasteiger partial charge in [0, 0.05) is 23.5 Å². The molecule has 4 rings (SSSR count). The van der Waals surface area contributed by atoms with Gasteiger partial charge in [0.05, 0.1) is 6.26 Å². The van der Waals surface area contributed by atoms with Crippen molar-refractivity contribution in [2.45, 2.75) is 0 Å². The highest BCUT2D eigenvalue weighted by molar-refractivity contribution is 5.97. The predicted molar refractivity (Wildman–Crippen MR) is 87.1 cm³/mol. The van der Waals surface area contributed by atoms with Crippen molar-refractivity contribution in [2.75, 3.05) is 0 Å². The Bertz CT molecular complexity index is 1010. The van der Waals surface area contributed by atoms with Crippen LogP contribution in [0.15, 0.2) is 71.6 Å². The lowest BCUT2D eigenvalue weighted by atomic mass is 10.1. The quantitative estimate of drug-likeness (QED) is 0.574. The smallest absolute Gasteiger partial charge is 0.315 e. The summed E-state index contributed by atoms with van der Waals surface area (Å²) in [5, 5.41) is 8.12. The summed E-state index contributed by atoms with van der Waals surface area (Å²) in [6, 6.07) is 12.5. The molecule has 0 fully saturated rings. The van der Waals surface area contributed by atoms with Crippen LogP contribution in [0.4, 0.5) is 4.39 Å². The number of aromatic nitrogens is 4. The standard InChI is InChI=1S/C18H11FN4O2/c19-14-5-3-12(4-6-14)16-17(13-7-9-20-10-8-13)23(22-21-16)18(24)15-2-1-11-25-15/h1-11H. The largest absolute Gasteiger partial charge is 0.459 e. The lowest BCUT2D eigenvalue weighted by molar-refractivity contribution is 0.0917. The van der Waals surface area contributed by atoms with E-state index in [2.05, 4.69) is 15.3 Å². The lowest BCUT2D eigenvalue weighted by Gasteiger charge is -2.06. The molecule has 25 heavy (non-hydrogen) atoms. The van der Waals surface area contributed by atoms with Gasteiger partial charge in [0.25, 0.3) is 0 Å². The SMILES string of the molecule is O=C(c1ccco1)n1nnc(-c2ccc(F)cc2)c1-c1ccncc1. The molecule has 0 saturated heterocycles. The molecular formula is C18H11FN4O2. The average Bonchev–Trinajstić information content (AvgIpc) is 3.32. The molecule has 3 aromatic heterocycles. The molecule has 7 heteroatoms. The summed E-state index contributed by atoms with van der Waals surface area (Å²) in [7, 11) is 0. The Labute approximate surface area is 141 Å². The first-order valence-electron chi connectivity index (χ1n) is 7.44. The topological polar surface area (TPSA) is 73.8 Å². The van der Waals surface area contributed by atoms with E-state index >= 15 is 0 Å². The maximum atomic E-state index is 13.2. The predicted octanol–water partition coefficient (Wildman–Crippen LogP) is 3.43. The molecule has 0 amide bonds. The molecular weight excluding hydrogens is 323 g/mol. The summed E-state index contributed by atoms with van der Waals surface area (Å²) >= 11 is 0. The van der Waals surface area contributed by atoms with E-state index in [1.807, 2.05) is 0 Å². The van der Waals surface area contributed by atoms with Crippen molar-refractivity contribution >= 4 is 5.91 Å². The van der Waals surface area contributed by atoms with E-state index in [4.69, 9.17) is 4.42 Å². The first-order chi connectivity index (χ1) is 12.2. The molecule has 0 saturated carbocycles. The van der Waals surface area contributed by atoms with E-state index in [0.29, 0.717) is 22.5 Å². The van der Waals surface area contributed by atoms with Crippen molar-refractivity contribution in [3.05, 3.63) is 78.8 Å². The van der Waals surface area contributed by atoms with E-state index in [9.17, 15) is 9.18 Å². The van der Waals surface area contributed by atoms with Crippen LogP contribution < -0.4 is 0 Å². The molecule has 4 aromatic rings. The number of halogens is 1. The van der Waals surface area contributed by atoms with Gasteiger partial charge in [-0.1, -0.05) is 5.21 Å². The number of benzene rings is 1. The molecule has 1 aromatic carbocycles. The Kier molecular flexibility index (Phi) is 3.66. The molecule has 0 aliphatic heterocycles. The minimum atomic E-state index is -0.447. The summed E-state index contributed by atoms with van der Waals surface area (Å²) in [5.74, 6) is -0.656. The summed E-state index contributed by atoms with van der Waals surface area (Å²) in [5.41, 5.74) is 2.30. The maximum absolute atomic E-state index is 13.2. The van der Waals surface area contributed by atoms with Crippen LogP contribution in [-0.4, -0.2) is 25.9 Å². The van der Waals surface area contributed by atoms with E-state index in [0.717, 1.165) is 0 Å². The van der Waals surface area contributed by atoms with Crippen molar-refractivity contribution < 1.29 is 13.6 Å². The number of carbonyl (C=O) groups excluding carboxylic acids is 1. The summed E-state index contributed by atoms with van der Waals surface area (Å²) in [4.78, 5) is 16.7. The maximum Gasteiger partial charge on any atom is 0.315 e. The highest BCUT2D eigenvalue weighted by Gasteiger charge is 2.23. The third kappa shape index (κ3) is 2.72. The minimum Gasteiger partial charge on any atom is -0.459 e. The van der Waals surface area contributed by atoms with E-state index in [-0.39, 0.29) is 11.6 Å². The summed E-state index contributed by atoms with van der Waals surface area (Å²) in [6.45, 7) is 0. The van der Waals surface area contributed by atoms with Gasteiger partial charge in [-0.2, -0.15) is 4.68 Å². The molecule has 0 bridgehead atoms. The van der Waals surface area contributed by atoms with Gasteiger partial charge in [-0.3, -0.25) is 9.78 Å². The van der Waals surface area contributed by atoms with Gasteiger partial charge in [0.1, 0.15) is 17.2 Å². The highest BCUT2D eigenvalue weighted by atomic mass is 19.1. The fourth-order valence-electron chi connectivity index (χ4n) is 2.50. The van der Waals surface area contributed by atoms with E-state index < -0.39 is 5.91 Å². The van der Waals surface area contributed by atoms with E-state index in [1.165, 1.54) is 23.1 Å². The number of hydrogen-bond donors (Lipinski definition) is 0. The number of rotatable bonds is 3. The van der Waals surface area contributed by atoms with Crippen molar-refractivity contribution in [1.82, 2.24) is 20.0 Å². The molecule has 0 aliphatic carbocycles. The molecule has 0 radical (unpaired) electrons. The molecule has 6 nitrogen and oxygen atoms in total. The average molecular weight is 334 g/mol. The van der Waals surface area contributed by atoms with Crippen molar-refractivity contribution in [2.24, 2.45) is 0 Å². The number of furan rings is 1. The Morgan fingerprint density at radius 2 is 1.76 bits per heavy atom. The fraction of sp³-hybridized carbons (Fsp3) is 0. The van der Waals surface area contributed by atoms with Crippen LogP contribution >= 0.6 is 0 Å². The van der Waals surface area contributed by atoms with Crippen molar-refractivity contribution in [3.8, 4) is 22.5 Å². The Morgan fingerprint density at radius 1 is 1.00 bits per heavy atom. The number of hydrogen-bond acceptors (Lipinski definition) is 5. The van der Waals surface area contributed by atoms with E-state index in [1.54, 1.807) is 48.8 Å². The van der Waals surface area contributed by atoms with Crippen LogP contribution in [0.1, 0.15) is 10.6 Å². The van der Waals surface area contributed by atoms with Gasteiger partial charge in [0.15, 0.2) is 5.76 Å². The second-order valence-corrected chi connectivity index (χ2v) is 5.22. The fourth-order valence-corrected chi connectivity index (χ4v) is 2.50. The zero-order valence-corrected chi connectivity index (χ0v) is 12.8. The summed E-state index contributed by atoms with van der Waals surface area (Å²) < 4.78 is 19.6. The van der Waals surface area contributed by atoms with Crippen LogP contribution in [0.5, 0.6) is 0 Å². The Hall–Kier alpha value is -3.61. The molecule has 3 heterocycles. The van der Waals surface area contributed by atoms with Crippen molar-refractivity contribution in [3.63, 3.8) is 0 Å². The molecule has 122 valence electrons. The number of nitrogens with zero attached hydrogens (tertiary/aromatic N) is 4. The summed E-state index contributed by atoms with van der Waals surface area (Å²) in [6.07, 6.45) is 4.63. The van der Waals surface area contributed by atoms with Crippen molar-refractivity contribution in [1.29, 1.82) is 0 Å². The van der Waals surface area contributed by atoms with Gasteiger partial charge in [-0.15, -0.1) is 5.10 Å². The van der Waals surface area contributed by atoms with Crippen LogP contribution in [0.3, 0.4) is 0 Å². The first kappa shape index (κ1) is 14.9.